The predicted molar refractivity (Wildman–Crippen MR) is 46.7 cm³/mol. The molecule has 66 valence electrons. The topological polar surface area (TPSA) is 21.3 Å². The minimum absolute atomic E-state index is 0.254. The van der Waals surface area contributed by atoms with Gasteiger partial charge in [0.05, 0.1) is 6.61 Å². The molecule has 2 nitrogen and oxygen atoms in total. The molecule has 0 spiro atoms. The van der Waals surface area contributed by atoms with E-state index >= 15 is 0 Å². The molecular weight excluding hydrogens is 138 g/mol. The van der Waals surface area contributed by atoms with Crippen molar-refractivity contribution in [2.75, 3.05) is 19.8 Å². The van der Waals surface area contributed by atoms with E-state index in [0.29, 0.717) is 0 Å². The van der Waals surface area contributed by atoms with Crippen molar-refractivity contribution >= 4 is 0 Å². The van der Waals surface area contributed by atoms with E-state index in [0.717, 1.165) is 32.1 Å². The van der Waals surface area contributed by atoms with Gasteiger partial charge in [-0.1, -0.05) is 13.8 Å². The van der Waals surface area contributed by atoms with Gasteiger partial charge in [0, 0.05) is 12.1 Å². The standard InChI is InChI=1S/C9H19NO/c1-8(2)6-10-9(3)4-5-11-7-9/h8,10H,4-7H2,1-3H3/t9-/m0/s1. The summed E-state index contributed by atoms with van der Waals surface area (Å²) in [5.41, 5.74) is 0.254. The maximum Gasteiger partial charge on any atom is 0.0646 e. The fourth-order valence-corrected chi connectivity index (χ4v) is 1.26. The highest BCUT2D eigenvalue weighted by molar-refractivity contribution is 4.86. The molecular formula is C9H19NO. The molecule has 0 unspecified atom stereocenters. The molecule has 1 rings (SSSR count). The summed E-state index contributed by atoms with van der Waals surface area (Å²) in [6, 6.07) is 0. The van der Waals surface area contributed by atoms with Crippen molar-refractivity contribution < 1.29 is 4.74 Å². The first-order valence-corrected chi connectivity index (χ1v) is 4.45. The van der Waals surface area contributed by atoms with Crippen LogP contribution in [0.3, 0.4) is 0 Å². The Morgan fingerprint density at radius 1 is 1.55 bits per heavy atom. The van der Waals surface area contributed by atoms with Crippen LogP contribution in [0.2, 0.25) is 0 Å². The van der Waals surface area contributed by atoms with Crippen LogP contribution in [0.4, 0.5) is 0 Å². The minimum Gasteiger partial charge on any atom is -0.379 e. The zero-order chi connectivity index (χ0) is 8.32. The molecule has 1 aliphatic heterocycles. The predicted octanol–water partition coefficient (Wildman–Crippen LogP) is 1.41. The lowest BCUT2D eigenvalue weighted by molar-refractivity contribution is 0.170. The van der Waals surface area contributed by atoms with Crippen molar-refractivity contribution in [3.63, 3.8) is 0 Å². The minimum atomic E-state index is 0.254. The molecule has 1 aliphatic rings. The average molecular weight is 157 g/mol. The Bertz CT molecular complexity index is 117. The molecule has 1 atom stereocenters. The second-order valence-electron chi connectivity index (χ2n) is 4.14. The van der Waals surface area contributed by atoms with Crippen LogP contribution in [0.5, 0.6) is 0 Å². The molecule has 1 fully saturated rings. The van der Waals surface area contributed by atoms with Gasteiger partial charge in [0.15, 0.2) is 0 Å². The lowest BCUT2D eigenvalue weighted by Gasteiger charge is -2.24. The number of hydrogen-bond acceptors (Lipinski definition) is 2. The lowest BCUT2D eigenvalue weighted by atomic mass is 10.0. The summed E-state index contributed by atoms with van der Waals surface area (Å²) < 4.78 is 5.33. The van der Waals surface area contributed by atoms with Gasteiger partial charge in [-0.25, -0.2) is 0 Å². The van der Waals surface area contributed by atoms with Crippen molar-refractivity contribution in [3.05, 3.63) is 0 Å². The smallest absolute Gasteiger partial charge is 0.0646 e. The molecule has 0 aromatic rings. The largest absolute Gasteiger partial charge is 0.379 e. The first-order chi connectivity index (χ1) is 5.12. The highest BCUT2D eigenvalue weighted by Gasteiger charge is 2.28. The highest BCUT2D eigenvalue weighted by Crippen LogP contribution is 2.17. The fraction of sp³-hybridized carbons (Fsp3) is 1.00. The van der Waals surface area contributed by atoms with Crippen LogP contribution in [0, 0.1) is 5.92 Å². The second kappa shape index (κ2) is 3.55. The number of hydrogen-bond donors (Lipinski definition) is 1. The highest BCUT2D eigenvalue weighted by atomic mass is 16.5. The van der Waals surface area contributed by atoms with E-state index in [4.69, 9.17) is 4.74 Å². The van der Waals surface area contributed by atoms with Gasteiger partial charge in [0.2, 0.25) is 0 Å². The van der Waals surface area contributed by atoms with Crippen LogP contribution in [-0.2, 0) is 4.74 Å². The van der Waals surface area contributed by atoms with Crippen LogP contribution < -0.4 is 5.32 Å². The molecule has 11 heavy (non-hydrogen) atoms. The van der Waals surface area contributed by atoms with Crippen molar-refractivity contribution in [2.24, 2.45) is 5.92 Å². The third-order valence-electron chi connectivity index (χ3n) is 2.16. The Kier molecular flexibility index (Phi) is 2.90. The molecule has 0 bridgehead atoms. The normalized spacial score (nSPS) is 31.6. The zero-order valence-electron chi connectivity index (χ0n) is 7.81. The Balaban J connectivity index is 2.23. The zero-order valence-corrected chi connectivity index (χ0v) is 7.81. The van der Waals surface area contributed by atoms with Gasteiger partial charge in [-0.05, 0) is 25.8 Å². The van der Waals surface area contributed by atoms with Crippen molar-refractivity contribution in [1.82, 2.24) is 5.32 Å². The summed E-state index contributed by atoms with van der Waals surface area (Å²) in [5, 5.41) is 3.53. The van der Waals surface area contributed by atoms with Gasteiger partial charge in [0.1, 0.15) is 0 Å². The Morgan fingerprint density at radius 3 is 2.73 bits per heavy atom. The van der Waals surface area contributed by atoms with E-state index in [9.17, 15) is 0 Å². The summed E-state index contributed by atoms with van der Waals surface area (Å²) in [6.45, 7) is 9.59. The van der Waals surface area contributed by atoms with E-state index in [1.165, 1.54) is 0 Å². The van der Waals surface area contributed by atoms with Gasteiger partial charge < -0.3 is 10.1 Å². The van der Waals surface area contributed by atoms with E-state index < -0.39 is 0 Å². The van der Waals surface area contributed by atoms with Crippen molar-refractivity contribution in [3.8, 4) is 0 Å². The third-order valence-corrected chi connectivity index (χ3v) is 2.16. The quantitative estimate of drug-likeness (QED) is 0.669. The van der Waals surface area contributed by atoms with Gasteiger partial charge in [0.25, 0.3) is 0 Å². The van der Waals surface area contributed by atoms with Crippen LogP contribution in [0.15, 0.2) is 0 Å². The molecule has 0 radical (unpaired) electrons. The molecule has 1 N–H and O–H groups in total. The third kappa shape index (κ3) is 2.80. The summed E-state index contributed by atoms with van der Waals surface area (Å²) in [5.74, 6) is 0.729. The Morgan fingerprint density at radius 2 is 2.27 bits per heavy atom. The average Bonchev–Trinajstić information content (AvgIpc) is 2.33. The maximum absolute atomic E-state index is 5.33. The monoisotopic (exact) mass is 157 g/mol. The summed E-state index contributed by atoms with van der Waals surface area (Å²) in [4.78, 5) is 0. The van der Waals surface area contributed by atoms with E-state index in [1.54, 1.807) is 0 Å². The van der Waals surface area contributed by atoms with E-state index in [2.05, 4.69) is 26.1 Å². The summed E-state index contributed by atoms with van der Waals surface area (Å²) in [6.07, 6.45) is 1.15. The molecule has 1 saturated heterocycles. The van der Waals surface area contributed by atoms with Crippen LogP contribution in [-0.4, -0.2) is 25.3 Å². The Labute approximate surface area is 69.3 Å². The van der Waals surface area contributed by atoms with Crippen LogP contribution in [0.1, 0.15) is 27.2 Å². The molecule has 0 amide bonds. The second-order valence-corrected chi connectivity index (χ2v) is 4.14. The first kappa shape index (κ1) is 9.01. The van der Waals surface area contributed by atoms with Gasteiger partial charge in [-0.3, -0.25) is 0 Å². The summed E-state index contributed by atoms with van der Waals surface area (Å²) in [7, 11) is 0. The van der Waals surface area contributed by atoms with Crippen molar-refractivity contribution in [1.29, 1.82) is 0 Å². The van der Waals surface area contributed by atoms with Crippen LogP contribution in [0.25, 0.3) is 0 Å². The van der Waals surface area contributed by atoms with Crippen molar-refractivity contribution in [2.45, 2.75) is 32.7 Å². The van der Waals surface area contributed by atoms with E-state index in [-0.39, 0.29) is 5.54 Å². The molecule has 1 heterocycles. The SMILES string of the molecule is CC(C)CN[C@@]1(C)CCOC1. The fourth-order valence-electron chi connectivity index (χ4n) is 1.26. The molecule has 2 heteroatoms. The summed E-state index contributed by atoms with van der Waals surface area (Å²) >= 11 is 0. The molecule has 0 aromatic carbocycles. The van der Waals surface area contributed by atoms with Crippen LogP contribution >= 0.6 is 0 Å². The van der Waals surface area contributed by atoms with Gasteiger partial charge >= 0.3 is 0 Å². The molecule has 0 saturated carbocycles. The lowest BCUT2D eigenvalue weighted by Crippen LogP contribution is -2.44. The first-order valence-electron chi connectivity index (χ1n) is 4.45. The number of nitrogens with one attached hydrogen (secondary N) is 1. The van der Waals surface area contributed by atoms with Gasteiger partial charge in [-0.2, -0.15) is 0 Å². The maximum atomic E-state index is 5.33. The molecule has 0 aromatic heterocycles. The number of ether oxygens (including phenoxy) is 1. The Hall–Kier alpha value is -0.0800. The molecule has 0 aliphatic carbocycles. The van der Waals surface area contributed by atoms with Gasteiger partial charge in [-0.15, -0.1) is 0 Å². The number of rotatable bonds is 3. The van der Waals surface area contributed by atoms with E-state index in [1.807, 2.05) is 0 Å².